The first-order chi connectivity index (χ1) is 9.52. The van der Waals surface area contributed by atoms with Crippen molar-refractivity contribution in [2.24, 2.45) is 0 Å². The zero-order valence-corrected chi connectivity index (χ0v) is 10.6. The van der Waals surface area contributed by atoms with Crippen molar-refractivity contribution in [3.63, 3.8) is 0 Å². The van der Waals surface area contributed by atoms with E-state index in [4.69, 9.17) is 4.74 Å². The lowest BCUT2D eigenvalue weighted by molar-refractivity contribution is 0.0991. The molecule has 0 aliphatic heterocycles. The molecule has 0 aliphatic rings. The van der Waals surface area contributed by atoms with Gasteiger partial charge in [0.1, 0.15) is 5.75 Å². The average molecular weight is 280 g/mol. The van der Waals surface area contributed by atoms with Crippen molar-refractivity contribution >= 4 is 5.78 Å². The van der Waals surface area contributed by atoms with Crippen LogP contribution in [0.2, 0.25) is 0 Å². The molecule has 0 N–H and O–H groups in total. The van der Waals surface area contributed by atoms with Crippen LogP contribution >= 0.6 is 0 Å². The Morgan fingerprint density at radius 3 is 2.30 bits per heavy atom. The molecule has 0 aromatic heterocycles. The van der Waals surface area contributed by atoms with Gasteiger partial charge in [-0.05, 0) is 18.2 Å². The van der Waals surface area contributed by atoms with E-state index in [1.807, 2.05) is 0 Å². The number of para-hydroxylation sites is 1. The predicted molar refractivity (Wildman–Crippen MR) is 67.3 cm³/mol. The molecular weight excluding hydrogens is 269 g/mol. The van der Waals surface area contributed by atoms with Gasteiger partial charge in [-0.3, -0.25) is 4.79 Å². The van der Waals surface area contributed by atoms with Crippen LogP contribution in [0.15, 0.2) is 36.4 Å². The first-order valence-corrected chi connectivity index (χ1v) is 5.82. The Labute approximate surface area is 113 Å². The molecular formula is C15H11F3O2. The summed E-state index contributed by atoms with van der Waals surface area (Å²) >= 11 is 0. The van der Waals surface area contributed by atoms with E-state index in [1.165, 1.54) is 7.11 Å². The fourth-order valence-corrected chi connectivity index (χ4v) is 1.84. The van der Waals surface area contributed by atoms with Gasteiger partial charge in [0.15, 0.2) is 23.2 Å². The summed E-state index contributed by atoms with van der Waals surface area (Å²) in [7, 11) is 1.46. The molecule has 0 aliphatic carbocycles. The predicted octanol–water partition coefficient (Wildman–Crippen LogP) is 3.54. The summed E-state index contributed by atoms with van der Waals surface area (Å²) < 4.78 is 44.1. The smallest absolute Gasteiger partial charge is 0.194 e. The second-order valence-corrected chi connectivity index (χ2v) is 4.17. The van der Waals surface area contributed by atoms with Crippen molar-refractivity contribution in [1.82, 2.24) is 0 Å². The number of halogens is 3. The van der Waals surface area contributed by atoms with E-state index in [9.17, 15) is 18.0 Å². The van der Waals surface area contributed by atoms with Crippen molar-refractivity contribution in [3.05, 3.63) is 65.0 Å². The second-order valence-electron chi connectivity index (χ2n) is 4.17. The van der Waals surface area contributed by atoms with Crippen LogP contribution in [0.4, 0.5) is 13.2 Å². The Morgan fingerprint density at radius 2 is 1.70 bits per heavy atom. The molecule has 0 fully saturated rings. The molecule has 2 nitrogen and oxygen atoms in total. The van der Waals surface area contributed by atoms with Crippen LogP contribution in [-0.4, -0.2) is 12.9 Å². The number of carbonyl (C=O) groups excluding carboxylic acids is 1. The van der Waals surface area contributed by atoms with Gasteiger partial charge in [-0.25, -0.2) is 13.2 Å². The van der Waals surface area contributed by atoms with Crippen LogP contribution in [-0.2, 0) is 6.42 Å². The van der Waals surface area contributed by atoms with Gasteiger partial charge in [0.2, 0.25) is 0 Å². The van der Waals surface area contributed by atoms with Gasteiger partial charge in [-0.1, -0.05) is 18.2 Å². The van der Waals surface area contributed by atoms with Gasteiger partial charge < -0.3 is 4.74 Å². The monoisotopic (exact) mass is 280 g/mol. The van der Waals surface area contributed by atoms with Crippen molar-refractivity contribution in [1.29, 1.82) is 0 Å². The fraction of sp³-hybridized carbons (Fsp3) is 0.133. The van der Waals surface area contributed by atoms with Gasteiger partial charge in [-0.2, -0.15) is 0 Å². The molecule has 2 rings (SSSR count). The first-order valence-electron chi connectivity index (χ1n) is 5.82. The molecule has 0 spiro atoms. The maximum atomic E-state index is 13.1. The molecule has 0 unspecified atom stereocenters. The van der Waals surface area contributed by atoms with Crippen molar-refractivity contribution in [2.45, 2.75) is 6.42 Å². The third kappa shape index (κ3) is 2.82. The summed E-state index contributed by atoms with van der Waals surface area (Å²) in [5.41, 5.74) is 0.373. The van der Waals surface area contributed by atoms with Crippen LogP contribution in [0.1, 0.15) is 15.9 Å². The number of Topliss-reactive ketones (excluding diaryl/α,β-unsaturated/α-hetero) is 1. The summed E-state index contributed by atoms with van der Waals surface area (Å²) in [6, 6.07) is 8.19. The van der Waals surface area contributed by atoms with E-state index < -0.39 is 23.2 Å². The lowest BCUT2D eigenvalue weighted by Gasteiger charge is -2.08. The summed E-state index contributed by atoms with van der Waals surface area (Å²) in [6.45, 7) is 0. The van der Waals surface area contributed by atoms with Crippen LogP contribution in [0.5, 0.6) is 5.75 Å². The molecule has 0 radical (unpaired) electrons. The van der Waals surface area contributed by atoms with E-state index in [2.05, 4.69) is 0 Å². The molecule has 0 saturated heterocycles. The number of rotatable bonds is 4. The van der Waals surface area contributed by atoms with Gasteiger partial charge in [-0.15, -0.1) is 0 Å². The first kappa shape index (κ1) is 14.1. The SMILES string of the molecule is COc1ccccc1CC(=O)c1cc(F)c(F)c(F)c1. The van der Waals surface area contributed by atoms with Crippen molar-refractivity contribution < 1.29 is 22.7 Å². The fourth-order valence-electron chi connectivity index (χ4n) is 1.84. The van der Waals surface area contributed by atoms with Crippen LogP contribution in [0.3, 0.4) is 0 Å². The second kappa shape index (κ2) is 5.77. The van der Waals surface area contributed by atoms with E-state index in [-0.39, 0.29) is 12.0 Å². The third-order valence-electron chi connectivity index (χ3n) is 2.85. The van der Waals surface area contributed by atoms with Gasteiger partial charge in [0, 0.05) is 17.5 Å². The van der Waals surface area contributed by atoms with Crippen LogP contribution < -0.4 is 4.74 Å². The van der Waals surface area contributed by atoms with Gasteiger partial charge in [0.05, 0.1) is 7.11 Å². The Morgan fingerprint density at radius 1 is 1.10 bits per heavy atom. The van der Waals surface area contributed by atoms with E-state index >= 15 is 0 Å². The third-order valence-corrected chi connectivity index (χ3v) is 2.85. The summed E-state index contributed by atoms with van der Waals surface area (Å²) in [5, 5.41) is 0. The van der Waals surface area contributed by atoms with E-state index in [0.717, 1.165) is 0 Å². The topological polar surface area (TPSA) is 26.3 Å². The maximum absolute atomic E-state index is 13.1. The quantitative estimate of drug-likeness (QED) is 0.632. The number of ether oxygens (including phenoxy) is 1. The Hall–Kier alpha value is -2.30. The number of benzene rings is 2. The van der Waals surface area contributed by atoms with E-state index in [0.29, 0.717) is 23.4 Å². The maximum Gasteiger partial charge on any atom is 0.194 e. The summed E-state index contributed by atoms with van der Waals surface area (Å²) in [6.07, 6.45) is -0.0888. The Kier molecular flexibility index (Phi) is 4.08. The van der Waals surface area contributed by atoms with Gasteiger partial charge >= 0.3 is 0 Å². The highest BCUT2D eigenvalue weighted by atomic mass is 19.2. The molecule has 2 aromatic carbocycles. The highest BCUT2D eigenvalue weighted by Crippen LogP contribution is 2.21. The minimum atomic E-state index is -1.58. The molecule has 104 valence electrons. The normalized spacial score (nSPS) is 10.4. The molecule has 20 heavy (non-hydrogen) atoms. The number of ketones is 1. The summed E-state index contributed by atoms with van der Waals surface area (Å²) in [4.78, 5) is 12.0. The van der Waals surface area contributed by atoms with E-state index in [1.54, 1.807) is 24.3 Å². The van der Waals surface area contributed by atoms with Crippen molar-refractivity contribution in [3.8, 4) is 5.75 Å². The number of hydrogen-bond acceptors (Lipinski definition) is 2. The Balaban J connectivity index is 2.29. The number of carbonyl (C=O) groups is 1. The minimum absolute atomic E-state index is 0.0888. The minimum Gasteiger partial charge on any atom is -0.496 e. The van der Waals surface area contributed by atoms with Gasteiger partial charge in [0.25, 0.3) is 0 Å². The lowest BCUT2D eigenvalue weighted by Crippen LogP contribution is -2.07. The summed E-state index contributed by atoms with van der Waals surface area (Å²) in [5.74, 6) is -4.36. The Bertz CT molecular complexity index is 630. The molecule has 5 heteroatoms. The largest absolute Gasteiger partial charge is 0.496 e. The zero-order valence-electron chi connectivity index (χ0n) is 10.6. The highest BCUT2D eigenvalue weighted by Gasteiger charge is 2.16. The van der Waals surface area contributed by atoms with Crippen LogP contribution in [0, 0.1) is 17.5 Å². The van der Waals surface area contributed by atoms with Crippen LogP contribution in [0.25, 0.3) is 0 Å². The average Bonchev–Trinajstić information content (AvgIpc) is 2.44. The standard InChI is InChI=1S/C15H11F3O2/c1-20-14-5-3-2-4-9(14)8-13(19)10-6-11(16)15(18)12(17)7-10/h2-7H,8H2,1H3. The zero-order chi connectivity index (χ0) is 14.7. The molecule has 0 heterocycles. The highest BCUT2D eigenvalue weighted by molar-refractivity contribution is 5.97. The molecule has 0 atom stereocenters. The molecule has 0 amide bonds. The molecule has 0 bridgehead atoms. The molecule has 0 saturated carbocycles. The lowest BCUT2D eigenvalue weighted by atomic mass is 10.0. The number of hydrogen-bond donors (Lipinski definition) is 0. The number of methoxy groups -OCH3 is 1. The van der Waals surface area contributed by atoms with Crippen molar-refractivity contribution in [2.75, 3.05) is 7.11 Å². The molecule has 2 aromatic rings.